The minimum Gasteiger partial charge on any atom is -0.484 e. The van der Waals surface area contributed by atoms with Gasteiger partial charge in [-0.25, -0.2) is 13.6 Å². The number of nitrogens with zero attached hydrogens (tertiary/aromatic N) is 1. The first-order valence-corrected chi connectivity index (χ1v) is 11.2. The number of halogens is 2. The molecule has 3 N–H and O–H groups in total. The zero-order valence-corrected chi connectivity index (χ0v) is 17.2. The van der Waals surface area contributed by atoms with E-state index in [2.05, 4.69) is 4.90 Å². The molecule has 1 fully saturated rings. The number of aliphatic hydroxyl groups is 1. The smallest absolute Gasteiger partial charge is 0.238 e. The molecule has 1 heterocycles. The number of hydrogen-bond donors (Lipinski definition) is 2. The van der Waals surface area contributed by atoms with Crippen LogP contribution in [0.3, 0.4) is 0 Å². The third-order valence-electron chi connectivity index (χ3n) is 5.34. The Balaban J connectivity index is 1.67. The van der Waals surface area contributed by atoms with Crippen molar-refractivity contribution in [3.05, 3.63) is 57.6 Å². The predicted octanol–water partition coefficient (Wildman–Crippen LogP) is 2.75. The van der Waals surface area contributed by atoms with E-state index in [4.69, 9.17) is 33.1 Å². The molecule has 150 valence electrons. The van der Waals surface area contributed by atoms with E-state index in [-0.39, 0.29) is 23.1 Å². The Morgan fingerprint density at radius 2 is 1.89 bits per heavy atom. The van der Waals surface area contributed by atoms with Gasteiger partial charge < -0.3 is 9.84 Å². The molecular weight excluding hydrogens is 423 g/mol. The molecule has 2 aromatic carbocycles. The van der Waals surface area contributed by atoms with Crippen LogP contribution in [0.25, 0.3) is 0 Å². The normalized spacial score (nSPS) is 25.1. The van der Waals surface area contributed by atoms with Crippen LogP contribution in [0.4, 0.5) is 0 Å². The molecule has 0 bridgehead atoms. The third kappa shape index (κ3) is 3.87. The Kier molecular flexibility index (Phi) is 5.33. The van der Waals surface area contributed by atoms with Crippen molar-refractivity contribution < 1.29 is 18.3 Å². The molecule has 3 atom stereocenters. The molecule has 0 unspecified atom stereocenters. The van der Waals surface area contributed by atoms with Gasteiger partial charge in [0.1, 0.15) is 11.9 Å². The SMILES string of the molecule is NS(=O)(=O)c1ccc(O[C@H]2c3cc(Cl)cc(Cl)c3C[C@H]2N2CC[C@@H](O)C2)cc1. The van der Waals surface area contributed by atoms with Crippen molar-refractivity contribution in [2.24, 2.45) is 5.14 Å². The second kappa shape index (κ2) is 7.48. The van der Waals surface area contributed by atoms with Crippen molar-refractivity contribution in [3.8, 4) is 5.75 Å². The van der Waals surface area contributed by atoms with E-state index in [1.165, 1.54) is 12.1 Å². The lowest BCUT2D eigenvalue weighted by Gasteiger charge is -2.30. The first-order valence-electron chi connectivity index (χ1n) is 8.92. The van der Waals surface area contributed by atoms with E-state index in [1.807, 2.05) is 6.07 Å². The number of sulfonamides is 1. The number of likely N-dealkylation sites (tertiary alicyclic amines) is 1. The largest absolute Gasteiger partial charge is 0.484 e. The quantitative estimate of drug-likeness (QED) is 0.758. The van der Waals surface area contributed by atoms with Gasteiger partial charge in [-0.3, -0.25) is 4.90 Å². The summed E-state index contributed by atoms with van der Waals surface area (Å²) in [6, 6.07) is 9.58. The monoisotopic (exact) mass is 442 g/mol. The maximum Gasteiger partial charge on any atom is 0.238 e. The number of fused-ring (bicyclic) bond motifs is 1. The molecule has 6 nitrogen and oxygen atoms in total. The Morgan fingerprint density at radius 1 is 1.18 bits per heavy atom. The average molecular weight is 443 g/mol. The van der Waals surface area contributed by atoms with Gasteiger partial charge in [-0.2, -0.15) is 0 Å². The van der Waals surface area contributed by atoms with Crippen molar-refractivity contribution >= 4 is 33.2 Å². The van der Waals surface area contributed by atoms with Crippen molar-refractivity contribution in [2.75, 3.05) is 13.1 Å². The lowest BCUT2D eigenvalue weighted by molar-refractivity contribution is 0.0818. The summed E-state index contributed by atoms with van der Waals surface area (Å²) in [4.78, 5) is 2.23. The minimum absolute atomic E-state index is 0.000958. The highest BCUT2D eigenvalue weighted by Gasteiger charge is 2.41. The van der Waals surface area contributed by atoms with Gasteiger partial charge in [0.15, 0.2) is 0 Å². The summed E-state index contributed by atoms with van der Waals surface area (Å²) < 4.78 is 29.2. The minimum atomic E-state index is -3.76. The molecule has 28 heavy (non-hydrogen) atoms. The van der Waals surface area contributed by atoms with Gasteiger partial charge in [0.25, 0.3) is 0 Å². The summed E-state index contributed by atoms with van der Waals surface area (Å²) in [6.07, 6.45) is 0.726. The number of rotatable bonds is 4. The summed E-state index contributed by atoms with van der Waals surface area (Å²) >= 11 is 12.7. The molecule has 1 aliphatic heterocycles. The summed E-state index contributed by atoms with van der Waals surface area (Å²) in [5, 5.41) is 16.2. The average Bonchev–Trinajstić information content (AvgIpc) is 3.19. The van der Waals surface area contributed by atoms with Crippen LogP contribution >= 0.6 is 23.2 Å². The molecule has 0 saturated carbocycles. The first kappa shape index (κ1) is 19.9. The summed E-state index contributed by atoms with van der Waals surface area (Å²) in [6.45, 7) is 1.35. The molecular formula is C19H20Cl2N2O4S. The van der Waals surface area contributed by atoms with E-state index < -0.39 is 10.0 Å². The Morgan fingerprint density at radius 3 is 2.50 bits per heavy atom. The van der Waals surface area contributed by atoms with Gasteiger partial charge in [0.05, 0.1) is 17.0 Å². The number of nitrogens with two attached hydrogens (primary N) is 1. The van der Waals surface area contributed by atoms with Crippen LogP contribution in [-0.4, -0.2) is 43.7 Å². The van der Waals surface area contributed by atoms with Gasteiger partial charge in [0, 0.05) is 28.7 Å². The summed E-state index contributed by atoms with van der Waals surface area (Å²) in [7, 11) is -3.76. The van der Waals surface area contributed by atoms with E-state index in [0.29, 0.717) is 28.8 Å². The molecule has 0 amide bonds. The third-order valence-corrected chi connectivity index (χ3v) is 6.83. The highest BCUT2D eigenvalue weighted by atomic mass is 35.5. The fourth-order valence-electron chi connectivity index (χ4n) is 4.00. The van der Waals surface area contributed by atoms with Crippen molar-refractivity contribution in [1.82, 2.24) is 4.90 Å². The second-order valence-electron chi connectivity index (χ2n) is 7.22. The van der Waals surface area contributed by atoms with E-state index in [1.54, 1.807) is 18.2 Å². The van der Waals surface area contributed by atoms with Gasteiger partial charge >= 0.3 is 0 Å². The highest BCUT2D eigenvalue weighted by molar-refractivity contribution is 7.89. The van der Waals surface area contributed by atoms with Crippen LogP contribution in [0.5, 0.6) is 5.75 Å². The van der Waals surface area contributed by atoms with Crippen LogP contribution in [0, 0.1) is 0 Å². The molecule has 1 aliphatic carbocycles. The zero-order chi connectivity index (χ0) is 20.1. The molecule has 0 aromatic heterocycles. The number of aliphatic hydroxyl groups excluding tert-OH is 1. The number of primary sulfonamides is 1. The number of β-amino-alcohol motifs (C(OH)–C–C–N with tert-alkyl or cyclic N) is 1. The Labute approximate surface area is 173 Å². The summed E-state index contributed by atoms with van der Waals surface area (Å²) in [5.74, 6) is 0.520. The predicted molar refractivity (Wildman–Crippen MR) is 107 cm³/mol. The van der Waals surface area contributed by atoms with Gasteiger partial charge in [-0.1, -0.05) is 23.2 Å². The second-order valence-corrected chi connectivity index (χ2v) is 9.62. The van der Waals surface area contributed by atoms with Crippen LogP contribution in [0.2, 0.25) is 10.0 Å². The number of benzene rings is 2. The number of ether oxygens (including phenoxy) is 1. The molecule has 2 aliphatic rings. The summed E-state index contributed by atoms with van der Waals surface area (Å²) in [5.41, 5.74) is 1.91. The maximum atomic E-state index is 11.5. The molecule has 2 aromatic rings. The lowest BCUT2D eigenvalue weighted by atomic mass is 10.1. The van der Waals surface area contributed by atoms with Crippen molar-refractivity contribution in [3.63, 3.8) is 0 Å². The fraction of sp³-hybridized carbons (Fsp3) is 0.368. The van der Waals surface area contributed by atoms with Gasteiger partial charge in [-0.05, 0) is 54.8 Å². The van der Waals surface area contributed by atoms with Crippen molar-refractivity contribution in [1.29, 1.82) is 0 Å². The standard InChI is InChI=1S/C19H20Cl2N2O4S/c20-11-7-16-15(17(21)8-11)9-18(23-6-5-12(24)10-23)19(16)27-13-1-3-14(4-2-13)28(22,25)26/h1-4,7-8,12,18-19,24H,5-6,9-10H2,(H2,22,25,26)/t12-,18-,19+/m1/s1. The zero-order valence-electron chi connectivity index (χ0n) is 14.9. The van der Waals surface area contributed by atoms with E-state index >= 15 is 0 Å². The van der Waals surface area contributed by atoms with Crippen LogP contribution in [-0.2, 0) is 16.4 Å². The molecule has 9 heteroatoms. The highest BCUT2D eigenvalue weighted by Crippen LogP contribution is 2.43. The van der Waals surface area contributed by atoms with E-state index in [0.717, 1.165) is 24.1 Å². The number of hydrogen-bond acceptors (Lipinski definition) is 5. The van der Waals surface area contributed by atoms with Crippen LogP contribution in [0.15, 0.2) is 41.3 Å². The molecule has 0 spiro atoms. The lowest BCUT2D eigenvalue weighted by Crippen LogP contribution is -2.39. The molecule has 0 radical (unpaired) electrons. The first-order chi connectivity index (χ1) is 13.2. The van der Waals surface area contributed by atoms with Crippen LogP contribution < -0.4 is 9.88 Å². The Hall–Kier alpha value is -1.35. The van der Waals surface area contributed by atoms with Crippen LogP contribution in [0.1, 0.15) is 23.7 Å². The van der Waals surface area contributed by atoms with Gasteiger partial charge in [-0.15, -0.1) is 0 Å². The van der Waals surface area contributed by atoms with Gasteiger partial charge in [0.2, 0.25) is 10.0 Å². The van der Waals surface area contributed by atoms with Crippen molar-refractivity contribution in [2.45, 2.75) is 36.0 Å². The maximum absolute atomic E-state index is 11.5. The Bertz CT molecular complexity index is 998. The fourth-order valence-corrected chi connectivity index (χ4v) is 5.10. The van der Waals surface area contributed by atoms with E-state index in [9.17, 15) is 13.5 Å². The molecule has 4 rings (SSSR count). The molecule has 1 saturated heterocycles. The topological polar surface area (TPSA) is 92.9 Å².